The minimum Gasteiger partial charge on any atom is -0.376 e. The molecule has 2 aliphatic heterocycles. The number of rotatable bonds is 8. The predicted molar refractivity (Wildman–Crippen MR) is 154 cm³/mol. The van der Waals surface area contributed by atoms with Crippen molar-refractivity contribution in [1.29, 1.82) is 0 Å². The molecule has 0 spiro atoms. The molecule has 39 heavy (non-hydrogen) atoms. The lowest BCUT2D eigenvalue weighted by Gasteiger charge is -2.37. The molecule has 0 unspecified atom stereocenters. The molecule has 5 rings (SSSR count). The predicted octanol–water partition coefficient (Wildman–Crippen LogP) is 2.79. The van der Waals surface area contributed by atoms with Crippen molar-refractivity contribution in [3.05, 3.63) is 60.8 Å². The number of carbonyl (C=O) groups is 2. The molecule has 2 aliphatic rings. The monoisotopic (exact) mass is 528 g/mol. The van der Waals surface area contributed by atoms with Gasteiger partial charge in [-0.05, 0) is 61.9 Å². The van der Waals surface area contributed by atoms with Crippen LogP contribution < -0.4 is 20.9 Å². The summed E-state index contributed by atoms with van der Waals surface area (Å²) in [5.41, 5.74) is 4.69. The lowest BCUT2D eigenvalue weighted by Crippen LogP contribution is -2.53. The van der Waals surface area contributed by atoms with Crippen LogP contribution in [0.1, 0.15) is 12.8 Å². The molecule has 10 nitrogen and oxygen atoms in total. The molecule has 3 aromatic rings. The zero-order valence-electron chi connectivity index (χ0n) is 22.6. The van der Waals surface area contributed by atoms with Crippen molar-refractivity contribution in [3.63, 3.8) is 0 Å². The maximum Gasteiger partial charge on any atom is 0.241 e. The van der Waals surface area contributed by atoms with Crippen molar-refractivity contribution in [3.8, 4) is 11.3 Å². The Labute approximate surface area is 229 Å². The van der Waals surface area contributed by atoms with Crippen LogP contribution in [-0.2, 0) is 9.59 Å². The molecule has 2 amide bonds. The second-order valence-corrected chi connectivity index (χ2v) is 10.1. The highest BCUT2D eigenvalue weighted by molar-refractivity contribution is 5.82. The number of hydrogen-bond acceptors (Lipinski definition) is 8. The van der Waals surface area contributed by atoms with E-state index in [1.54, 1.807) is 25.2 Å². The first kappa shape index (κ1) is 26.4. The van der Waals surface area contributed by atoms with Gasteiger partial charge in [0.05, 0.1) is 18.3 Å². The average molecular weight is 529 g/mol. The van der Waals surface area contributed by atoms with E-state index >= 15 is 0 Å². The summed E-state index contributed by atoms with van der Waals surface area (Å²) in [4.78, 5) is 39.4. The van der Waals surface area contributed by atoms with Gasteiger partial charge < -0.3 is 30.7 Å². The quantitative estimate of drug-likeness (QED) is 0.410. The molecule has 10 heteroatoms. The van der Waals surface area contributed by atoms with Crippen LogP contribution in [-0.4, -0.2) is 91.0 Å². The van der Waals surface area contributed by atoms with E-state index in [0.717, 1.165) is 73.9 Å². The second-order valence-electron chi connectivity index (χ2n) is 10.1. The number of piperazine rings is 1. The maximum absolute atomic E-state index is 12.7. The minimum atomic E-state index is 0.00372. The van der Waals surface area contributed by atoms with E-state index in [4.69, 9.17) is 0 Å². The van der Waals surface area contributed by atoms with E-state index in [9.17, 15) is 9.59 Å². The zero-order chi connectivity index (χ0) is 27.2. The van der Waals surface area contributed by atoms with Crippen LogP contribution in [0.5, 0.6) is 0 Å². The molecular weight excluding hydrogens is 492 g/mol. The summed E-state index contributed by atoms with van der Waals surface area (Å²) < 4.78 is 0. The van der Waals surface area contributed by atoms with Gasteiger partial charge in [0.2, 0.25) is 17.8 Å². The van der Waals surface area contributed by atoms with Gasteiger partial charge in [-0.2, -0.15) is 0 Å². The molecule has 204 valence electrons. The van der Waals surface area contributed by atoms with Gasteiger partial charge in [0, 0.05) is 69.1 Å². The highest BCUT2D eigenvalue weighted by Crippen LogP contribution is 2.24. The van der Waals surface area contributed by atoms with E-state index in [2.05, 4.69) is 43.0 Å². The SMILES string of the molecule is CN(C)C(=O)CNc1ccc(-c2ccnc(Nc3ccc(N4CCN(C(=O)[C@@H]5CCCN5)CC4)cc3)n2)cc1. The molecule has 1 aromatic heterocycles. The van der Waals surface area contributed by atoms with E-state index in [1.807, 2.05) is 47.4 Å². The molecule has 1 atom stereocenters. The number of nitrogens with zero attached hydrogens (tertiary/aromatic N) is 5. The van der Waals surface area contributed by atoms with E-state index < -0.39 is 0 Å². The Bertz CT molecular complexity index is 1270. The van der Waals surface area contributed by atoms with Gasteiger partial charge in [0.25, 0.3) is 0 Å². The van der Waals surface area contributed by atoms with E-state index in [1.165, 1.54) is 0 Å². The topological polar surface area (TPSA) is 106 Å². The second kappa shape index (κ2) is 12.1. The molecule has 0 aliphatic carbocycles. The van der Waals surface area contributed by atoms with Crippen molar-refractivity contribution in [1.82, 2.24) is 25.1 Å². The normalized spacial score (nSPS) is 17.1. The lowest BCUT2D eigenvalue weighted by atomic mass is 10.1. The number of carbonyl (C=O) groups excluding carboxylic acids is 2. The number of hydrogen-bond donors (Lipinski definition) is 3. The van der Waals surface area contributed by atoms with Crippen LogP contribution in [0, 0.1) is 0 Å². The van der Waals surface area contributed by atoms with Gasteiger partial charge >= 0.3 is 0 Å². The molecular formula is C29H36N8O2. The van der Waals surface area contributed by atoms with Gasteiger partial charge in [-0.15, -0.1) is 0 Å². The minimum absolute atomic E-state index is 0.00372. The van der Waals surface area contributed by atoms with Gasteiger partial charge in [0.1, 0.15) is 0 Å². The third kappa shape index (κ3) is 6.64. The van der Waals surface area contributed by atoms with Crippen LogP contribution in [0.3, 0.4) is 0 Å². The summed E-state index contributed by atoms with van der Waals surface area (Å²) in [6.07, 6.45) is 3.77. The molecule has 2 fully saturated rings. The van der Waals surface area contributed by atoms with Crippen molar-refractivity contribution in [2.24, 2.45) is 0 Å². The van der Waals surface area contributed by atoms with Gasteiger partial charge in [-0.3, -0.25) is 9.59 Å². The molecule has 3 heterocycles. The number of aromatic nitrogens is 2. The smallest absolute Gasteiger partial charge is 0.241 e. The van der Waals surface area contributed by atoms with Crippen molar-refractivity contribution < 1.29 is 9.59 Å². The Kier molecular flexibility index (Phi) is 8.21. The van der Waals surface area contributed by atoms with Crippen LogP contribution in [0.4, 0.5) is 23.0 Å². The molecule has 3 N–H and O–H groups in total. The lowest BCUT2D eigenvalue weighted by molar-refractivity contribution is -0.133. The highest BCUT2D eigenvalue weighted by atomic mass is 16.2. The van der Waals surface area contributed by atoms with Crippen molar-refractivity contribution >= 4 is 34.8 Å². The fourth-order valence-electron chi connectivity index (χ4n) is 4.86. The van der Waals surface area contributed by atoms with E-state index in [0.29, 0.717) is 5.95 Å². The highest BCUT2D eigenvalue weighted by Gasteiger charge is 2.29. The van der Waals surface area contributed by atoms with Gasteiger partial charge in [-0.1, -0.05) is 12.1 Å². The molecule has 2 saturated heterocycles. The average Bonchev–Trinajstić information content (AvgIpc) is 3.52. The van der Waals surface area contributed by atoms with Gasteiger partial charge in [-0.25, -0.2) is 9.97 Å². The first-order chi connectivity index (χ1) is 19.0. The third-order valence-electron chi connectivity index (χ3n) is 7.22. The number of likely N-dealkylation sites (N-methyl/N-ethyl adjacent to an activating group) is 1. The largest absolute Gasteiger partial charge is 0.376 e. The number of amides is 2. The van der Waals surface area contributed by atoms with Crippen LogP contribution >= 0.6 is 0 Å². The Morgan fingerprint density at radius 3 is 2.36 bits per heavy atom. The first-order valence-corrected chi connectivity index (χ1v) is 13.5. The maximum atomic E-state index is 12.7. The van der Waals surface area contributed by atoms with E-state index in [-0.39, 0.29) is 24.4 Å². The summed E-state index contributed by atoms with van der Waals surface area (Å²) in [5.74, 6) is 0.787. The summed E-state index contributed by atoms with van der Waals surface area (Å²) in [5, 5.41) is 9.75. The third-order valence-corrected chi connectivity index (χ3v) is 7.22. The Hall–Kier alpha value is -4.18. The summed E-state index contributed by atoms with van der Waals surface area (Å²) in [6.45, 7) is 4.36. The summed E-state index contributed by atoms with van der Waals surface area (Å²) in [7, 11) is 3.48. The first-order valence-electron chi connectivity index (χ1n) is 13.5. The summed E-state index contributed by atoms with van der Waals surface area (Å²) >= 11 is 0. The van der Waals surface area contributed by atoms with Crippen LogP contribution in [0.15, 0.2) is 60.8 Å². The fraction of sp³-hybridized carbons (Fsp3) is 0.379. The fourth-order valence-corrected chi connectivity index (χ4v) is 4.86. The molecule has 0 radical (unpaired) electrons. The Balaban J connectivity index is 1.15. The van der Waals surface area contributed by atoms with Crippen molar-refractivity contribution in [2.45, 2.75) is 18.9 Å². The Morgan fingerprint density at radius 1 is 0.974 bits per heavy atom. The summed E-state index contributed by atoms with van der Waals surface area (Å²) in [6, 6.07) is 17.9. The van der Waals surface area contributed by atoms with Crippen molar-refractivity contribution in [2.75, 3.05) is 68.9 Å². The Morgan fingerprint density at radius 2 is 1.69 bits per heavy atom. The standard InChI is InChI=1S/C29H36N8O2/c1-35(2)27(38)20-32-22-7-5-21(6-8-22)25-13-15-31-29(34-25)33-23-9-11-24(12-10-23)36-16-18-37(19-17-36)28(39)26-4-3-14-30-26/h5-13,15,26,30,32H,3-4,14,16-20H2,1-2H3,(H,31,33,34)/t26-/m0/s1. The van der Waals surface area contributed by atoms with Crippen LogP contribution in [0.25, 0.3) is 11.3 Å². The molecule has 0 bridgehead atoms. The number of benzene rings is 2. The van der Waals surface area contributed by atoms with Gasteiger partial charge in [0.15, 0.2) is 0 Å². The molecule has 2 aromatic carbocycles. The molecule has 0 saturated carbocycles. The zero-order valence-corrected chi connectivity index (χ0v) is 22.6. The van der Waals surface area contributed by atoms with Crippen LogP contribution in [0.2, 0.25) is 0 Å². The number of anilines is 4. The number of nitrogens with one attached hydrogen (secondary N) is 3.